The average Bonchev–Trinajstić information content (AvgIpc) is 3.40. The van der Waals surface area contributed by atoms with Crippen LogP contribution in [0.25, 0.3) is 0 Å². The zero-order chi connectivity index (χ0) is 47.6. The van der Waals surface area contributed by atoms with E-state index in [4.69, 9.17) is 18.9 Å². The number of unbranched alkanes of at least 4 members (excludes halogenated alkanes) is 1. The normalized spacial score (nSPS) is 13.6. The van der Waals surface area contributed by atoms with Gasteiger partial charge in [-0.25, -0.2) is 0 Å². The largest absolute Gasteiger partial charge is 0.458 e. The number of fused-ring (bicyclic) bond motifs is 8. The van der Waals surface area contributed by atoms with Gasteiger partial charge in [0.15, 0.2) is 0 Å². The number of ether oxygens (including phenoxy) is 4. The summed E-state index contributed by atoms with van der Waals surface area (Å²) in [5, 5.41) is 0. The molecule has 0 fully saturated rings. The van der Waals surface area contributed by atoms with E-state index in [0.29, 0.717) is 11.7 Å². The van der Waals surface area contributed by atoms with Crippen molar-refractivity contribution in [2.75, 3.05) is 9.80 Å². The van der Waals surface area contributed by atoms with E-state index in [0.717, 1.165) is 123 Å². The van der Waals surface area contributed by atoms with E-state index >= 15 is 0 Å². The van der Waals surface area contributed by atoms with E-state index in [-0.39, 0.29) is 13.4 Å². The predicted molar refractivity (Wildman–Crippen MR) is 293 cm³/mol. The van der Waals surface area contributed by atoms with Crippen LogP contribution >= 0.6 is 0 Å². The molecular formula is C63H52B2N2O4. The molecule has 4 aliphatic heterocycles. The standard InChI is InChI=1S/C63H52B2N2O4/c1-4-6-18-42-27-31-46(32-28-42)68-48-35-56-62-57(36-48)67(45-21-11-8-12-22-45)55-40-59-53(39-52(55)64(62)50-23-13-15-25-54(50)66(56)44-19-9-7-10-20-44)65-51-24-14-16-26-58(51)70-60-37-49(38-61(71-59)63(60)65)69-47-33-29-43(30-34-47)41(3)17-5-2/h7-16,19-41H,4-6,17-18H2,1-3H3. The molecule has 13 rings (SSSR count). The first-order chi connectivity index (χ1) is 35.0. The Morgan fingerprint density at radius 3 is 1.66 bits per heavy atom. The quantitative estimate of drug-likeness (QED) is 0.114. The molecule has 0 aliphatic carbocycles. The van der Waals surface area contributed by atoms with Crippen LogP contribution in [0, 0.1) is 0 Å². The molecule has 9 aromatic rings. The van der Waals surface area contributed by atoms with Gasteiger partial charge in [-0.15, -0.1) is 0 Å². The molecule has 1 unspecified atom stereocenters. The second-order valence-corrected chi connectivity index (χ2v) is 19.4. The predicted octanol–water partition coefficient (Wildman–Crippen LogP) is 13.3. The molecular weight excluding hydrogens is 870 g/mol. The van der Waals surface area contributed by atoms with Gasteiger partial charge in [0, 0.05) is 69.9 Å². The molecule has 4 aliphatic rings. The molecule has 0 saturated carbocycles. The van der Waals surface area contributed by atoms with Gasteiger partial charge in [0.2, 0.25) is 0 Å². The number of hydrogen-bond donors (Lipinski definition) is 0. The van der Waals surface area contributed by atoms with Crippen LogP contribution in [-0.2, 0) is 6.42 Å². The fourth-order valence-corrected chi connectivity index (χ4v) is 11.5. The van der Waals surface area contributed by atoms with Crippen molar-refractivity contribution in [3.8, 4) is 46.0 Å². The van der Waals surface area contributed by atoms with Crippen molar-refractivity contribution in [1.82, 2.24) is 0 Å². The molecule has 0 bridgehead atoms. The van der Waals surface area contributed by atoms with Gasteiger partial charge in [-0.05, 0) is 124 Å². The second kappa shape index (κ2) is 17.7. The third-order valence-corrected chi connectivity index (χ3v) is 14.8. The maximum absolute atomic E-state index is 7.20. The molecule has 6 nitrogen and oxygen atoms in total. The first kappa shape index (κ1) is 43.0. The number of nitrogens with zero attached hydrogens (tertiary/aromatic N) is 2. The van der Waals surface area contributed by atoms with Crippen molar-refractivity contribution in [1.29, 1.82) is 0 Å². The molecule has 1 atom stereocenters. The molecule has 0 amide bonds. The highest BCUT2D eigenvalue weighted by molar-refractivity contribution is 7.02. The van der Waals surface area contributed by atoms with Crippen LogP contribution in [0.5, 0.6) is 46.0 Å². The van der Waals surface area contributed by atoms with Crippen LogP contribution in [0.1, 0.15) is 63.5 Å². The highest BCUT2D eigenvalue weighted by Crippen LogP contribution is 2.48. The lowest BCUT2D eigenvalue weighted by molar-refractivity contribution is 0.443. The van der Waals surface area contributed by atoms with Gasteiger partial charge >= 0.3 is 0 Å². The van der Waals surface area contributed by atoms with Crippen molar-refractivity contribution in [2.45, 2.75) is 58.8 Å². The van der Waals surface area contributed by atoms with Crippen LogP contribution < -0.4 is 61.5 Å². The number of para-hydroxylation sites is 4. The summed E-state index contributed by atoms with van der Waals surface area (Å²) in [7, 11) is 0. The zero-order valence-corrected chi connectivity index (χ0v) is 40.3. The molecule has 4 heterocycles. The third-order valence-electron chi connectivity index (χ3n) is 14.8. The summed E-state index contributed by atoms with van der Waals surface area (Å²) in [4.78, 5) is 4.83. The van der Waals surface area contributed by atoms with Crippen LogP contribution in [0.15, 0.2) is 194 Å². The van der Waals surface area contributed by atoms with Gasteiger partial charge in [0.25, 0.3) is 13.4 Å². The van der Waals surface area contributed by atoms with Gasteiger partial charge in [0.05, 0.1) is 0 Å². The number of rotatable bonds is 12. The Morgan fingerprint density at radius 2 is 1.00 bits per heavy atom. The van der Waals surface area contributed by atoms with Gasteiger partial charge in [-0.3, -0.25) is 0 Å². The Kier molecular flexibility index (Phi) is 10.7. The lowest BCUT2D eigenvalue weighted by atomic mass is 9.31. The summed E-state index contributed by atoms with van der Waals surface area (Å²) in [6, 6.07) is 69.1. The zero-order valence-electron chi connectivity index (χ0n) is 40.3. The minimum atomic E-state index is -0.151. The summed E-state index contributed by atoms with van der Waals surface area (Å²) in [6.07, 6.45) is 5.68. The monoisotopic (exact) mass is 922 g/mol. The topological polar surface area (TPSA) is 43.4 Å². The minimum absolute atomic E-state index is 0.119. The number of aryl methyl sites for hydroxylation is 1. The first-order valence-corrected chi connectivity index (χ1v) is 25.3. The summed E-state index contributed by atoms with van der Waals surface area (Å²) >= 11 is 0. The van der Waals surface area contributed by atoms with Crippen LogP contribution in [0.3, 0.4) is 0 Å². The Balaban J connectivity index is 1.00. The van der Waals surface area contributed by atoms with Gasteiger partial charge in [-0.1, -0.05) is 137 Å². The summed E-state index contributed by atoms with van der Waals surface area (Å²) in [5.41, 5.74) is 15.9. The lowest BCUT2D eigenvalue weighted by Crippen LogP contribution is -2.63. The fraction of sp³-hybridized carbons (Fsp3) is 0.143. The maximum atomic E-state index is 7.20. The molecule has 9 aromatic carbocycles. The smallest absolute Gasteiger partial charge is 0.260 e. The number of hydrogen-bond acceptors (Lipinski definition) is 6. The summed E-state index contributed by atoms with van der Waals surface area (Å²) in [5.74, 6) is 6.57. The molecule has 0 spiro atoms. The average molecular weight is 923 g/mol. The van der Waals surface area contributed by atoms with E-state index in [2.05, 4.69) is 206 Å². The Bertz CT molecular complexity index is 3470. The van der Waals surface area contributed by atoms with Gasteiger partial charge < -0.3 is 28.7 Å². The maximum Gasteiger partial charge on any atom is 0.260 e. The van der Waals surface area contributed by atoms with Crippen LogP contribution in [-0.4, -0.2) is 13.4 Å². The molecule has 344 valence electrons. The molecule has 71 heavy (non-hydrogen) atoms. The SMILES string of the molecule is CCCCc1ccc(Oc2cc3c4c(c2)N(c2ccccc2)c2cc5c(cc2B4c2ccccc2N3c2ccccc2)B2c3ccccc3Oc3cc(Oc4ccc(C(C)CCC)cc4)cc(c32)O5)cc1. The van der Waals surface area contributed by atoms with Crippen molar-refractivity contribution in [3.05, 3.63) is 205 Å². The summed E-state index contributed by atoms with van der Waals surface area (Å²) < 4.78 is 27.6. The van der Waals surface area contributed by atoms with E-state index in [9.17, 15) is 0 Å². The van der Waals surface area contributed by atoms with E-state index in [1.165, 1.54) is 27.5 Å². The molecule has 0 radical (unpaired) electrons. The number of anilines is 6. The highest BCUT2D eigenvalue weighted by Gasteiger charge is 2.47. The van der Waals surface area contributed by atoms with Crippen LogP contribution in [0.4, 0.5) is 34.1 Å². The van der Waals surface area contributed by atoms with Crippen molar-refractivity contribution in [2.24, 2.45) is 0 Å². The van der Waals surface area contributed by atoms with E-state index in [1.807, 2.05) is 18.2 Å². The third kappa shape index (κ3) is 7.43. The van der Waals surface area contributed by atoms with Gasteiger partial charge in [0.1, 0.15) is 46.0 Å². The van der Waals surface area contributed by atoms with E-state index in [1.54, 1.807) is 0 Å². The highest BCUT2D eigenvalue weighted by atomic mass is 16.5. The van der Waals surface area contributed by atoms with Crippen molar-refractivity contribution >= 4 is 80.3 Å². The van der Waals surface area contributed by atoms with Crippen molar-refractivity contribution in [3.63, 3.8) is 0 Å². The number of benzene rings is 9. The first-order valence-electron chi connectivity index (χ1n) is 25.3. The van der Waals surface area contributed by atoms with Crippen LogP contribution in [0.2, 0.25) is 0 Å². The Morgan fingerprint density at radius 1 is 0.437 bits per heavy atom. The molecule has 0 saturated heterocycles. The second-order valence-electron chi connectivity index (χ2n) is 19.4. The minimum Gasteiger partial charge on any atom is -0.458 e. The van der Waals surface area contributed by atoms with E-state index < -0.39 is 0 Å². The Labute approximate surface area is 417 Å². The van der Waals surface area contributed by atoms with Crippen molar-refractivity contribution < 1.29 is 18.9 Å². The Hall–Kier alpha value is -8.09. The molecule has 8 heteroatoms. The lowest BCUT2D eigenvalue weighted by Gasteiger charge is -2.45. The molecule has 0 N–H and O–H groups in total. The summed E-state index contributed by atoms with van der Waals surface area (Å²) in [6.45, 7) is 6.49. The molecule has 0 aromatic heterocycles. The fourth-order valence-electron chi connectivity index (χ4n) is 11.5. The van der Waals surface area contributed by atoms with Gasteiger partial charge in [-0.2, -0.15) is 0 Å².